The van der Waals surface area contributed by atoms with Crippen molar-refractivity contribution >= 4 is 39.4 Å². The van der Waals surface area contributed by atoms with Crippen molar-refractivity contribution < 1.29 is 4.79 Å². The Morgan fingerprint density at radius 3 is 3.07 bits per heavy atom. The maximum atomic E-state index is 10.9. The van der Waals surface area contributed by atoms with Crippen LogP contribution in [0.2, 0.25) is 0 Å². The number of amidine groups is 1. The molecule has 0 aromatic heterocycles. The highest BCUT2D eigenvalue weighted by molar-refractivity contribution is 9.10. The first-order valence-corrected chi connectivity index (χ1v) is 6.23. The van der Waals surface area contributed by atoms with E-state index in [0.717, 1.165) is 15.2 Å². The van der Waals surface area contributed by atoms with Gasteiger partial charge in [0.1, 0.15) is 12.4 Å². The molecule has 1 aromatic carbocycles. The SMILES string of the molecule is O=C1CN=C(CSc2cccc(Br)c2)N1. The van der Waals surface area contributed by atoms with E-state index in [9.17, 15) is 4.79 Å². The molecule has 1 heterocycles. The minimum atomic E-state index is -0.0140. The Hall–Kier alpha value is -0.810. The Bertz CT molecular complexity index is 420. The minimum Gasteiger partial charge on any atom is -0.312 e. The normalized spacial score (nSPS) is 15.0. The maximum Gasteiger partial charge on any atom is 0.247 e. The number of carbonyl (C=O) groups excluding carboxylic acids is 1. The first kappa shape index (κ1) is 10.7. The molecule has 5 heteroatoms. The van der Waals surface area contributed by atoms with Gasteiger partial charge in [-0.1, -0.05) is 22.0 Å². The summed E-state index contributed by atoms with van der Waals surface area (Å²) in [6, 6.07) is 8.05. The van der Waals surface area contributed by atoms with Gasteiger partial charge in [0.15, 0.2) is 0 Å². The number of hydrogen-bond donors (Lipinski definition) is 1. The van der Waals surface area contributed by atoms with E-state index in [1.807, 2.05) is 24.3 Å². The van der Waals surface area contributed by atoms with Gasteiger partial charge in [0.25, 0.3) is 0 Å². The van der Waals surface area contributed by atoms with Crippen LogP contribution in [0.5, 0.6) is 0 Å². The third-order valence-electron chi connectivity index (χ3n) is 1.87. The summed E-state index contributed by atoms with van der Waals surface area (Å²) in [6.07, 6.45) is 0. The van der Waals surface area contributed by atoms with Gasteiger partial charge in [-0.2, -0.15) is 0 Å². The fourth-order valence-electron chi connectivity index (χ4n) is 1.20. The number of aliphatic imine (C=N–C) groups is 1. The van der Waals surface area contributed by atoms with E-state index in [4.69, 9.17) is 0 Å². The second kappa shape index (κ2) is 4.81. The van der Waals surface area contributed by atoms with Crippen molar-refractivity contribution in [3.05, 3.63) is 28.7 Å². The van der Waals surface area contributed by atoms with Crippen molar-refractivity contribution in [1.82, 2.24) is 5.32 Å². The molecule has 0 saturated heterocycles. The number of benzene rings is 1. The number of rotatable bonds is 3. The molecule has 0 atom stereocenters. The lowest BCUT2D eigenvalue weighted by atomic mass is 10.4. The van der Waals surface area contributed by atoms with E-state index >= 15 is 0 Å². The van der Waals surface area contributed by atoms with Gasteiger partial charge in [-0.25, -0.2) is 0 Å². The second-order valence-electron chi connectivity index (χ2n) is 3.06. The third kappa shape index (κ3) is 3.07. The number of halogens is 1. The molecule has 1 aliphatic rings. The van der Waals surface area contributed by atoms with Crippen LogP contribution in [0, 0.1) is 0 Å². The molecule has 0 saturated carbocycles. The van der Waals surface area contributed by atoms with Gasteiger partial charge < -0.3 is 5.32 Å². The first-order valence-electron chi connectivity index (χ1n) is 4.45. The van der Waals surface area contributed by atoms with Gasteiger partial charge in [-0.05, 0) is 18.2 Å². The van der Waals surface area contributed by atoms with E-state index in [0.29, 0.717) is 5.75 Å². The van der Waals surface area contributed by atoms with Crippen molar-refractivity contribution in [3.8, 4) is 0 Å². The van der Waals surface area contributed by atoms with Gasteiger partial charge in [0.2, 0.25) is 5.91 Å². The maximum absolute atomic E-state index is 10.9. The topological polar surface area (TPSA) is 41.5 Å². The summed E-state index contributed by atoms with van der Waals surface area (Å²) in [7, 11) is 0. The summed E-state index contributed by atoms with van der Waals surface area (Å²) in [4.78, 5) is 16.1. The number of hydrogen-bond acceptors (Lipinski definition) is 3. The molecule has 0 bridgehead atoms. The molecule has 0 fully saturated rings. The van der Waals surface area contributed by atoms with E-state index in [1.54, 1.807) is 11.8 Å². The summed E-state index contributed by atoms with van der Waals surface area (Å²) < 4.78 is 1.06. The average Bonchev–Trinajstić information content (AvgIpc) is 2.62. The molecular formula is C10H9BrN2OS. The number of nitrogens with one attached hydrogen (secondary N) is 1. The molecule has 1 amide bonds. The smallest absolute Gasteiger partial charge is 0.247 e. The number of thioether (sulfide) groups is 1. The number of amides is 1. The van der Waals surface area contributed by atoms with Gasteiger partial charge in [0.05, 0.1) is 5.75 Å². The Balaban J connectivity index is 1.91. The zero-order chi connectivity index (χ0) is 10.7. The van der Waals surface area contributed by atoms with Crippen molar-refractivity contribution in [3.63, 3.8) is 0 Å². The van der Waals surface area contributed by atoms with Crippen LogP contribution in [-0.4, -0.2) is 24.0 Å². The van der Waals surface area contributed by atoms with Crippen LogP contribution < -0.4 is 5.32 Å². The summed E-state index contributed by atoms with van der Waals surface area (Å²) in [5, 5.41) is 2.72. The monoisotopic (exact) mass is 284 g/mol. The van der Waals surface area contributed by atoms with Crippen LogP contribution in [0.15, 0.2) is 38.6 Å². The Kier molecular flexibility index (Phi) is 3.43. The highest BCUT2D eigenvalue weighted by Gasteiger charge is 2.12. The predicted molar refractivity (Wildman–Crippen MR) is 65.3 cm³/mol. The molecule has 2 rings (SSSR count). The molecule has 0 aliphatic carbocycles. The summed E-state index contributed by atoms with van der Waals surface area (Å²) in [6.45, 7) is 0.272. The predicted octanol–water partition coefficient (Wildman–Crippen LogP) is 2.07. The minimum absolute atomic E-state index is 0.0140. The highest BCUT2D eigenvalue weighted by atomic mass is 79.9. The van der Waals surface area contributed by atoms with E-state index in [2.05, 4.69) is 26.2 Å². The van der Waals surface area contributed by atoms with Crippen LogP contribution in [0.3, 0.4) is 0 Å². The quantitative estimate of drug-likeness (QED) is 0.864. The number of nitrogens with zero attached hydrogens (tertiary/aromatic N) is 1. The highest BCUT2D eigenvalue weighted by Crippen LogP contribution is 2.21. The fraction of sp³-hybridized carbons (Fsp3) is 0.200. The van der Waals surface area contributed by atoms with Crippen molar-refractivity contribution in [2.24, 2.45) is 4.99 Å². The molecule has 1 N–H and O–H groups in total. The van der Waals surface area contributed by atoms with Gasteiger partial charge >= 0.3 is 0 Å². The molecule has 15 heavy (non-hydrogen) atoms. The molecule has 78 valence electrons. The summed E-state index contributed by atoms with van der Waals surface area (Å²) in [5.74, 6) is 1.46. The lowest BCUT2D eigenvalue weighted by Gasteiger charge is -2.02. The van der Waals surface area contributed by atoms with Gasteiger partial charge in [-0.15, -0.1) is 11.8 Å². The summed E-state index contributed by atoms with van der Waals surface area (Å²) >= 11 is 5.07. The van der Waals surface area contributed by atoms with Crippen LogP contribution in [0.25, 0.3) is 0 Å². The van der Waals surface area contributed by atoms with Gasteiger partial charge in [-0.3, -0.25) is 9.79 Å². The zero-order valence-corrected chi connectivity index (χ0v) is 10.3. The lowest BCUT2D eigenvalue weighted by molar-refractivity contribution is -0.117. The van der Waals surface area contributed by atoms with Crippen molar-refractivity contribution in [2.45, 2.75) is 4.90 Å². The standard InChI is InChI=1S/C10H9BrN2OS/c11-7-2-1-3-8(4-7)15-6-9-12-5-10(14)13-9/h1-4H,5-6H2,(H,12,13,14). The number of carbonyl (C=O) groups is 1. The van der Waals surface area contributed by atoms with Crippen molar-refractivity contribution in [2.75, 3.05) is 12.3 Å². The average molecular weight is 285 g/mol. The van der Waals surface area contributed by atoms with Crippen LogP contribution in [-0.2, 0) is 4.79 Å². The molecule has 3 nitrogen and oxygen atoms in total. The van der Waals surface area contributed by atoms with Crippen LogP contribution in [0.1, 0.15) is 0 Å². The molecule has 0 unspecified atom stereocenters. The Morgan fingerprint density at radius 1 is 1.53 bits per heavy atom. The molecule has 0 spiro atoms. The van der Waals surface area contributed by atoms with E-state index in [-0.39, 0.29) is 12.5 Å². The summed E-state index contributed by atoms with van der Waals surface area (Å²) in [5.41, 5.74) is 0. The second-order valence-corrected chi connectivity index (χ2v) is 5.02. The Morgan fingerprint density at radius 2 is 2.40 bits per heavy atom. The molecule has 0 radical (unpaired) electrons. The first-order chi connectivity index (χ1) is 7.24. The lowest BCUT2D eigenvalue weighted by Crippen LogP contribution is -2.25. The Labute approximate surface area is 100 Å². The fourth-order valence-corrected chi connectivity index (χ4v) is 2.60. The van der Waals surface area contributed by atoms with E-state index in [1.165, 1.54) is 0 Å². The molecule has 1 aliphatic heterocycles. The molecule has 1 aromatic rings. The zero-order valence-electron chi connectivity index (χ0n) is 7.87. The van der Waals surface area contributed by atoms with Crippen molar-refractivity contribution in [1.29, 1.82) is 0 Å². The van der Waals surface area contributed by atoms with Gasteiger partial charge in [0, 0.05) is 9.37 Å². The largest absolute Gasteiger partial charge is 0.312 e. The van der Waals surface area contributed by atoms with E-state index < -0.39 is 0 Å². The third-order valence-corrected chi connectivity index (χ3v) is 3.37. The van der Waals surface area contributed by atoms with Crippen LogP contribution in [0.4, 0.5) is 0 Å². The molecular weight excluding hydrogens is 276 g/mol. The van der Waals surface area contributed by atoms with Crippen LogP contribution >= 0.6 is 27.7 Å².